The molecule has 1 aromatic heterocycles. The molecular weight excluding hydrogens is 214 g/mol. The van der Waals surface area contributed by atoms with Crippen LogP contribution in [0.3, 0.4) is 0 Å². The van der Waals surface area contributed by atoms with Crippen molar-refractivity contribution < 1.29 is 5.11 Å². The summed E-state index contributed by atoms with van der Waals surface area (Å²) in [6, 6.07) is 4.22. The molecule has 1 aliphatic heterocycles. The zero-order chi connectivity index (χ0) is 12.0. The van der Waals surface area contributed by atoms with Crippen molar-refractivity contribution in [1.29, 1.82) is 0 Å². The first kappa shape index (κ1) is 10.7. The first-order valence-electron chi connectivity index (χ1n) is 6.07. The van der Waals surface area contributed by atoms with Gasteiger partial charge in [0.15, 0.2) is 0 Å². The third-order valence-electron chi connectivity index (χ3n) is 3.70. The molecule has 2 aromatic rings. The molecule has 2 heterocycles. The van der Waals surface area contributed by atoms with E-state index in [0.29, 0.717) is 12.5 Å². The van der Waals surface area contributed by atoms with E-state index >= 15 is 0 Å². The molecule has 3 rings (SSSR count). The molecule has 1 aromatic carbocycles. The maximum atomic E-state index is 9.35. The average Bonchev–Trinajstić information content (AvgIpc) is 2.72. The summed E-state index contributed by atoms with van der Waals surface area (Å²) in [6.07, 6.45) is 1.10. The molecule has 17 heavy (non-hydrogen) atoms. The smallest absolute Gasteiger partial charge is 0.135 e. The fourth-order valence-electron chi connectivity index (χ4n) is 2.74. The number of aliphatic hydroxyl groups is 1. The number of aryl methyl sites for hydroxylation is 1. The van der Waals surface area contributed by atoms with Crippen molar-refractivity contribution in [3.05, 3.63) is 29.1 Å². The van der Waals surface area contributed by atoms with Gasteiger partial charge in [-0.3, -0.25) is 0 Å². The Morgan fingerprint density at radius 1 is 1.53 bits per heavy atom. The number of imidazole rings is 1. The second-order valence-electron chi connectivity index (χ2n) is 4.78. The number of hydrogen-bond acceptors (Lipinski definition) is 3. The zero-order valence-electron chi connectivity index (χ0n) is 9.98. The lowest BCUT2D eigenvalue weighted by atomic mass is 9.92. The summed E-state index contributed by atoms with van der Waals surface area (Å²) in [5.41, 5.74) is 10.3. The molecule has 0 aliphatic carbocycles. The van der Waals surface area contributed by atoms with E-state index < -0.39 is 0 Å². The monoisotopic (exact) mass is 231 g/mol. The van der Waals surface area contributed by atoms with Crippen LogP contribution < -0.4 is 5.73 Å². The van der Waals surface area contributed by atoms with Crippen LogP contribution in [0.2, 0.25) is 0 Å². The summed E-state index contributed by atoms with van der Waals surface area (Å²) in [7, 11) is 0. The van der Waals surface area contributed by atoms with Crippen molar-refractivity contribution in [2.45, 2.75) is 39.0 Å². The first-order chi connectivity index (χ1) is 8.24. The summed E-state index contributed by atoms with van der Waals surface area (Å²) < 4.78 is 2.14. The van der Waals surface area contributed by atoms with Crippen LogP contribution in [-0.2, 0) is 19.7 Å². The van der Waals surface area contributed by atoms with Gasteiger partial charge in [0.05, 0.1) is 11.0 Å². The molecule has 0 spiro atoms. The van der Waals surface area contributed by atoms with Crippen LogP contribution in [0, 0.1) is 0 Å². The largest absolute Gasteiger partial charge is 0.388 e. The number of benzene rings is 1. The molecule has 1 atom stereocenters. The van der Waals surface area contributed by atoms with Gasteiger partial charge in [-0.2, -0.15) is 0 Å². The Labute approximate surface area is 100 Å². The van der Waals surface area contributed by atoms with Crippen molar-refractivity contribution in [2.75, 3.05) is 0 Å². The number of hydrogen-bond donors (Lipinski definition) is 2. The summed E-state index contributed by atoms with van der Waals surface area (Å²) in [5, 5.41) is 9.35. The number of nitrogens with zero attached hydrogens (tertiary/aromatic N) is 2. The molecule has 0 fully saturated rings. The van der Waals surface area contributed by atoms with Crippen LogP contribution in [0.5, 0.6) is 0 Å². The molecule has 1 unspecified atom stereocenters. The van der Waals surface area contributed by atoms with Crippen LogP contribution in [-0.4, -0.2) is 14.7 Å². The quantitative estimate of drug-likeness (QED) is 0.823. The highest BCUT2D eigenvalue weighted by molar-refractivity contribution is 5.82. The molecule has 0 bridgehead atoms. The normalized spacial score (nSPS) is 18.9. The summed E-state index contributed by atoms with van der Waals surface area (Å²) in [6.45, 7) is 3.73. The lowest BCUT2D eigenvalue weighted by Crippen LogP contribution is -2.14. The van der Waals surface area contributed by atoms with E-state index in [4.69, 9.17) is 5.73 Å². The highest BCUT2D eigenvalue weighted by atomic mass is 16.3. The Hall–Kier alpha value is -1.39. The lowest BCUT2D eigenvalue weighted by Gasteiger charge is -2.22. The van der Waals surface area contributed by atoms with Gasteiger partial charge in [-0.1, -0.05) is 13.0 Å². The van der Waals surface area contributed by atoms with Gasteiger partial charge in [0, 0.05) is 13.1 Å². The van der Waals surface area contributed by atoms with Crippen molar-refractivity contribution in [1.82, 2.24) is 9.55 Å². The highest BCUT2D eigenvalue weighted by Crippen LogP contribution is 2.34. The SMILES string of the molecule is CC1CCn2c(CO)nc3cc(CN)cc1c32. The van der Waals surface area contributed by atoms with Gasteiger partial charge in [-0.15, -0.1) is 0 Å². The minimum Gasteiger partial charge on any atom is -0.388 e. The molecule has 0 radical (unpaired) electrons. The molecule has 0 saturated heterocycles. The van der Waals surface area contributed by atoms with Crippen LogP contribution in [0.1, 0.15) is 36.2 Å². The third-order valence-corrected chi connectivity index (χ3v) is 3.70. The van der Waals surface area contributed by atoms with Gasteiger partial charge >= 0.3 is 0 Å². The summed E-state index contributed by atoms with van der Waals surface area (Å²) in [4.78, 5) is 4.50. The van der Waals surface area contributed by atoms with Gasteiger partial charge < -0.3 is 15.4 Å². The number of nitrogens with two attached hydrogens (primary N) is 1. The van der Waals surface area contributed by atoms with Crippen LogP contribution in [0.15, 0.2) is 12.1 Å². The summed E-state index contributed by atoms with van der Waals surface area (Å²) >= 11 is 0. The minimum absolute atomic E-state index is 0.000456. The molecule has 0 saturated carbocycles. The average molecular weight is 231 g/mol. The fourth-order valence-corrected chi connectivity index (χ4v) is 2.74. The predicted molar refractivity (Wildman–Crippen MR) is 66.6 cm³/mol. The van der Waals surface area contributed by atoms with Crippen molar-refractivity contribution in [3.63, 3.8) is 0 Å². The molecular formula is C13H17N3O. The van der Waals surface area contributed by atoms with Gasteiger partial charge in [0.2, 0.25) is 0 Å². The van der Waals surface area contributed by atoms with E-state index in [1.807, 2.05) is 6.07 Å². The van der Waals surface area contributed by atoms with E-state index in [9.17, 15) is 5.11 Å². The summed E-state index contributed by atoms with van der Waals surface area (Å²) in [5.74, 6) is 1.31. The maximum Gasteiger partial charge on any atom is 0.135 e. The number of aliphatic hydroxyl groups excluding tert-OH is 1. The van der Waals surface area contributed by atoms with E-state index in [1.54, 1.807) is 0 Å². The predicted octanol–water partition coefficient (Wildman–Crippen LogP) is 1.49. The van der Waals surface area contributed by atoms with Gasteiger partial charge in [0.25, 0.3) is 0 Å². The minimum atomic E-state index is 0.000456. The molecule has 3 N–H and O–H groups in total. The van der Waals surface area contributed by atoms with Crippen LogP contribution in [0.4, 0.5) is 0 Å². The van der Waals surface area contributed by atoms with Crippen LogP contribution >= 0.6 is 0 Å². The Balaban J connectivity index is 2.36. The second-order valence-corrected chi connectivity index (χ2v) is 4.78. The van der Waals surface area contributed by atoms with Crippen LogP contribution in [0.25, 0.3) is 11.0 Å². The first-order valence-corrected chi connectivity index (χ1v) is 6.07. The van der Waals surface area contributed by atoms with E-state index in [0.717, 1.165) is 29.9 Å². The molecule has 90 valence electrons. The second kappa shape index (κ2) is 3.82. The Kier molecular flexibility index (Phi) is 2.42. The third kappa shape index (κ3) is 1.48. The van der Waals surface area contributed by atoms with E-state index in [-0.39, 0.29) is 6.61 Å². The zero-order valence-corrected chi connectivity index (χ0v) is 9.98. The standard InChI is InChI=1S/C13H17N3O/c1-8-2-3-16-12(7-17)15-11-5-9(6-14)4-10(8)13(11)16/h4-5,8,17H,2-3,6-7,14H2,1H3. The Morgan fingerprint density at radius 3 is 3.06 bits per heavy atom. The van der Waals surface area contributed by atoms with E-state index in [1.165, 1.54) is 11.1 Å². The Bertz CT molecular complexity index is 574. The van der Waals surface area contributed by atoms with Gasteiger partial charge in [0.1, 0.15) is 12.4 Å². The highest BCUT2D eigenvalue weighted by Gasteiger charge is 2.22. The molecule has 4 nitrogen and oxygen atoms in total. The lowest BCUT2D eigenvalue weighted by molar-refractivity contribution is 0.264. The molecule has 1 aliphatic rings. The topological polar surface area (TPSA) is 64.1 Å². The Morgan fingerprint density at radius 2 is 2.35 bits per heavy atom. The molecule has 4 heteroatoms. The van der Waals surface area contributed by atoms with Gasteiger partial charge in [-0.25, -0.2) is 4.98 Å². The molecule has 0 amide bonds. The van der Waals surface area contributed by atoms with Gasteiger partial charge in [-0.05, 0) is 29.5 Å². The maximum absolute atomic E-state index is 9.35. The fraction of sp³-hybridized carbons (Fsp3) is 0.462. The van der Waals surface area contributed by atoms with Crippen molar-refractivity contribution >= 4 is 11.0 Å². The van der Waals surface area contributed by atoms with Crippen molar-refractivity contribution in [3.8, 4) is 0 Å². The number of aromatic nitrogens is 2. The van der Waals surface area contributed by atoms with E-state index in [2.05, 4.69) is 22.5 Å². The van der Waals surface area contributed by atoms with Crippen molar-refractivity contribution in [2.24, 2.45) is 5.73 Å². The number of rotatable bonds is 2.